The van der Waals surface area contributed by atoms with E-state index in [9.17, 15) is 9.59 Å². The van der Waals surface area contributed by atoms with Crippen LogP contribution in [0.25, 0.3) is 0 Å². The minimum atomic E-state index is -0.575. The molecule has 0 aromatic heterocycles. The summed E-state index contributed by atoms with van der Waals surface area (Å²) in [7, 11) is 0. The van der Waals surface area contributed by atoms with Gasteiger partial charge in [-0.05, 0) is 23.6 Å². The van der Waals surface area contributed by atoms with Crippen LogP contribution in [0.4, 0.5) is 0 Å². The monoisotopic (exact) mass is 294 g/mol. The SMILES string of the molecule is CC(C)CC(=O)N1CCNC(=O)C1c1cccc(Cl)c1. The van der Waals surface area contributed by atoms with Crippen LogP contribution in [0.3, 0.4) is 0 Å². The quantitative estimate of drug-likeness (QED) is 0.930. The van der Waals surface area contributed by atoms with Crippen molar-refractivity contribution in [1.29, 1.82) is 0 Å². The maximum Gasteiger partial charge on any atom is 0.247 e. The van der Waals surface area contributed by atoms with E-state index in [2.05, 4.69) is 5.32 Å². The van der Waals surface area contributed by atoms with Crippen LogP contribution in [-0.4, -0.2) is 29.8 Å². The summed E-state index contributed by atoms with van der Waals surface area (Å²) in [4.78, 5) is 26.2. The van der Waals surface area contributed by atoms with Gasteiger partial charge in [-0.25, -0.2) is 0 Å². The number of nitrogens with zero attached hydrogens (tertiary/aromatic N) is 1. The minimum Gasteiger partial charge on any atom is -0.352 e. The molecule has 20 heavy (non-hydrogen) atoms. The van der Waals surface area contributed by atoms with Crippen molar-refractivity contribution >= 4 is 23.4 Å². The Hall–Kier alpha value is -1.55. The van der Waals surface area contributed by atoms with Gasteiger partial charge >= 0.3 is 0 Å². The molecule has 1 unspecified atom stereocenters. The van der Waals surface area contributed by atoms with Crippen molar-refractivity contribution < 1.29 is 9.59 Å². The Balaban J connectivity index is 2.29. The summed E-state index contributed by atoms with van der Waals surface area (Å²) in [5.41, 5.74) is 0.756. The van der Waals surface area contributed by atoms with E-state index in [0.29, 0.717) is 24.5 Å². The first-order chi connectivity index (χ1) is 9.49. The number of carbonyl (C=O) groups excluding carboxylic acids is 2. The molecule has 1 aliphatic heterocycles. The van der Waals surface area contributed by atoms with E-state index >= 15 is 0 Å². The van der Waals surface area contributed by atoms with Gasteiger partial charge in [0.25, 0.3) is 0 Å². The number of carbonyl (C=O) groups is 2. The van der Waals surface area contributed by atoms with Crippen molar-refractivity contribution in [3.8, 4) is 0 Å². The summed E-state index contributed by atoms with van der Waals surface area (Å²) in [6.07, 6.45) is 0.449. The van der Waals surface area contributed by atoms with Gasteiger partial charge in [0.2, 0.25) is 11.8 Å². The summed E-state index contributed by atoms with van der Waals surface area (Å²) >= 11 is 5.99. The molecule has 1 aliphatic rings. The van der Waals surface area contributed by atoms with Crippen LogP contribution in [-0.2, 0) is 9.59 Å². The molecule has 5 heteroatoms. The third-order valence-corrected chi connectivity index (χ3v) is 3.51. The Morgan fingerprint density at radius 3 is 2.90 bits per heavy atom. The second-order valence-corrected chi connectivity index (χ2v) is 5.87. The Morgan fingerprint density at radius 1 is 1.50 bits per heavy atom. The smallest absolute Gasteiger partial charge is 0.247 e. The van der Waals surface area contributed by atoms with Crippen LogP contribution < -0.4 is 5.32 Å². The molecular weight excluding hydrogens is 276 g/mol. The van der Waals surface area contributed by atoms with Gasteiger partial charge in [0, 0.05) is 24.5 Å². The van der Waals surface area contributed by atoms with Gasteiger partial charge in [0.15, 0.2) is 0 Å². The number of amides is 2. The number of nitrogens with one attached hydrogen (secondary N) is 1. The van der Waals surface area contributed by atoms with Gasteiger partial charge in [0.1, 0.15) is 6.04 Å². The van der Waals surface area contributed by atoms with Crippen molar-refractivity contribution in [3.63, 3.8) is 0 Å². The number of piperazine rings is 1. The normalized spacial score (nSPS) is 19.1. The van der Waals surface area contributed by atoms with Crippen LogP contribution in [0.1, 0.15) is 31.9 Å². The predicted octanol–water partition coefficient (Wildman–Crippen LogP) is 2.39. The van der Waals surface area contributed by atoms with E-state index in [0.717, 1.165) is 5.56 Å². The molecule has 1 saturated heterocycles. The lowest BCUT2D eigenvalue weighted by Crippen LogP contribution is -2.52. The van der Waals surface area contributed by atoms with E-state index in [1.807, 2.05) is 19.9 Å². The van der Waals surface area contributed by atoms with E-state index in [1.165, 1.54) is 0 Å². The lowest BCUT2D eigenvalue weighted by atomic mass is 10.0. The van der Waals surface area contributed by atoms with Crippen LogP contribution >= 0.6 is 11.6 Å². The van der Waals surface area contributed by atoms with E-state index < -0.39 is 6.04 Å². The third kappa shape index (κ3) is 3.31. The van der Waals surface area contributed by atoms with Crippen molar-refractivity contribution in [2.24, 2.45) is 5.92 Å². The molecule has 0 spiro atoms. The van der Waals surface area contributed by atoms with Gasteiger partial charge in [-0.15, -0.1) is 0 Å². The first-order valence-corrected chi connectivity index (χ1v) is 7.19. The van der Waals surface area contributed by atoms with Crippen molar-refractivity contribution in [2.45, 2.75) is 26.3 Å². The zero-order valence-electron chi connectivity index (χ0n) is 11.7. The molecule has 0 radical (unpaired) electrons. The lowest BCUT2D eigenvalue weighted by Gasteiger charge is -2.35. The van der Waals surface area contributed by atoms with Gasteiger partial charge in [-0.1, -0.05) is 37.6 Å². The molecule has 2 rings (SSSR count). The summed E-state index contributed by atoms with van der Waals surface area (Å²) in [5.74, 6) is 0.142. The first kappa shape index (κ1) is 14.9. The second kappa shape index (κ2) is 6.27. The second-order valence-electron chi connectivity index (χ2n) is 5.43. The minimum absolute atomic E-state index is 0.0137. The molecule has 1 fully saturated rings. The number of hydrogen-bond donors (Lipinski definition) is 1. The fraction of sp³-hybridized carbons (Fsp3) is 0.467. The Bertz CT molecular complexity index is 516. The number of halogens is 1. The molecule has 108 valence electrons. The standard InChI is InChI=1S/C15H19ClN2O2/c1-10(2)8-13(19)18-7-6-17-15(20)14(18)11-4-3-5-12(16)9-11/h3-5,9-10,14H,6-8H2,1-2H3,(H,17,20). The highest BCUT2D eigenvalue weighted by molar-refractivity contribution is 6.30. The number of hydrogen-bond acceptors (Lipinski definition) is 2. The van der Waals surface area contributed by atoms with E-state index in [-0.39, 0.29) is 17.7 Å². The van der Waals surface area contributed by atoms with Crippen LogP contribution in [0.5, 0.6) is 0 Å². The molecule has 1 atom stereocenters. The van der Waals surface area contributed by atoms with E-state index in [1.54, 1.807) is 23.1 Å². The fourth-order valence-electron chi connectivity index (χ4n) is 2.41. The molecule has 1 N–H and O–H groups in total. The molecule has 0 saturated carbocycles. The molecule has 1 aromatic carbocycles. The van der Waals surface area contributed by atoms with E-state index in [4.69, 9.17) is 11.6 Å². The van der Waals surface area contributed by atoms with Crippen molar-refractivity contribution in [3.05, 3.63) is 34.9 Å². The zero-order valence-corrected chi connectivity index (χ0v) is 12.5. The highest BCUT2D eigenvalue weighted by atomic mass is 35.5. The molecule has 4 nitrogen and oxygen atoms in total. The average molecular weight is 295 g/mol. The van der Waals surface area contributed by atoms with Crippen LogP contribution in [0, 0.1) is 5.92 Å². The molecule has 0 bridgehead atoms. The summed E-state index contributed by atoms with van der Waals surface area (Å²) < 4.78 is 0. The average Bonchev–Trinajstić information content (AvgIpc) is 2.37. The molecule has 1 heterocycles. The first-order valence-electron chi connectivity index (χ1n) is 6.81. The fourth-order valence-corrected chi connectivity index (χ4v) is 2.61. The Morgan fingerprint density at radius 2 is 2.25 bits per heavy atom. The third-order valence-electron chi connectivity index (χ3n) is 3.28. The summed E-state index contributed by atoms with van der Waals surface area (Å²) in [6, 6.07) is 6.55. The van der Waals surface area contributed by atoms with Crippen molar-refractivity contribution in [2.75, 3.05) is 13.1 Å². The molecule has 2 amide bonds. The van der Waals surface area contributed by atoms with Crippen LogP contribution in [0.2, 0.25) is 5.02 Å². The topological polar surface area (TPSA) is 49.4 Å². The van der Waals surface area contributed by atoms with Gasteiger partial charge in [-0.3, -0.25) is 9.59 Å². The number of benzene rings is 1. The lowest BCUT2D eigenvalue weighted by molar-refractivity contribution is -0.144. The Kier molecular flexibility index (Phi) is 4.65. The van der Waals surface area contributed by atoms with Gasteiger partial charge in [0.05, 0.1) is 0 Å². The summed E-state index contributed by atoms with van der Waals surface area (Å²) in [6.45, 7) is 5.03. The predicted molar refractivity (Wildman–Crippen MR) is 78.4 cm³/mol. The molecule has 1 aromatic rings. The zero-order chi connectivity index (χ0) is 14.7. The summed E-state index contributed by atoms with van der Waals surface area (Å²) in [5, 5.41) is 3.38. The maximum absolute atomic E-state index is 12.3. The number of rotatable bonds is 3. The van der Waals surface area contributed by atoms with Gasteiger partial charge < -0.3 is 10.2 Å². The van der Waals surface area contributed by atoms with Gasteiger partial charge in [-0.2, -0.15) is 0 Å². The van der Waals surface area contributed by atoms with Crippen molar-refractivity contribution in [1.82, 2.24) is 10.2 Å². The highest BCUT2D eigenvalue weighted by Crippen LogP contribution is 2.26. The largest absolute Gasteiger partial charge is 0.352 e. The molecular formula is C15H19ClN2O2. The Labute approximate surface area is 124 Å². The maximum atomic E-state index is 12.3. The van der Waals surface area contributed by atoms with Crippen LogP contribution in [0.15, 0.2) is 24.3 Å². The molecule has 0 aliphatic carbocycles. The highest BCUT2D eigenvalue weighted by Gasteiger charge is 2.34.